The molecule has 0 aliphatic heterocycles. The molecular formula is C14H19ClN4O2S. The topological polar surface area (TPSA) is 82.6 Å². The number of amidine groups is 1. The smallest absolute Gasteiger partial charge is 0.339 e. The number of hydrogen-bond acceptors (Lipinski definition) is 3. The number of thioether (sulfide) groups is 1. The second-order valence-electron chi connectivity index (χ2n) is 4.26. The third kappa shape index (κ3) is 7.33. The summed E-state index contributed by atoms with van der Waals surface area (Å²) in [6.45, 7) is 2.06. The molecule has 1 aromatic carbocycles. The highest BCUT2D eigenvalue weighted by molar-refractivity contribution is 8.13. The molecule has 0 aromatic heterocycles. The van der Waals surface area contributed by atoms with E-state index in [2.05, 4.69) is 27.9 Å². The number of hydrogen-bond donors (Lipinski definition) is 3. The van der Waals surface area contributed by atoms with Gasteiger partial charge in [-0.2, -0.15) is 4.99 Å². The summed E-state index contributed by atoms with van der Waals surface area (Å²) in [5.74, 6) is 0.768. The molecule has 4 amide bonds. The molecule has 0 radical (unpaired) electrons. The maximum absolute atomic E-state index is 11.9. The molecule has 0 aliphatic rings. The Morgan fingerprint density at radius 1 is 1.36 bits per heavy atom. The summed E-state index contributed by atoms with van der Waals surface area (Å²) in [4.78, 5) is 27.1. The summed E-state index contributed by atoms with van der Waals surface area (Å²) in [6, 6.07) is 5.79. The molecule has 22 heavy (non-hydrogen) atoms. The highest BCUT2D eigenvalue weighted by atomic mass is 35.5. The number of carbonyl (C=O) groups excluding carboxylic acids is 2. The monoisotopic (exact) mass is 342 g/mol. The van der Waals surface area contributed by atoms with Crippen molar-refractivity contribution in [3.8, 4) is 0 Å². The number of urea groups is 2. The summed E-state index contributed by atoms with van der Waals surface area (Å²) >= 11 is 7.18. The van der Waals surface area contributed by atoms with Crippen molar-refractivity contribution in [1.82, 2.24) is 10.6 Å². The molecule has 0 heterocycles. The molecule has 3 N–H and O–H groups in total. The summed E-state index contributed by atoms with van der Waals surface area (Å²) in [7, 11) is 1.48. The first-order valence-electron chi connectivity index (χ1n) is 6.82. The molecule has 0 atom stereocenters. The summed E-state index contributed by atoms with van der Waals surface area (Å²) in [5, 5.41) is 8.37. The fraction of sp³-hybridized carbons (Fsp3) is 0.357. The highest BCUT2D eigenvalue weighted by Gasteiger charge is 2.09. The largest absolute Gasteiger partial charge is 0.343 e. The van der Waals surface area contributed by atoms with Crippen LogP contribution in [-0.4, -0.2) is 30.0 Å². The quantitative estimate of drug-likeness (QED) is 0.443. The number of amides is 4. The number of carbonyl (C=O) groups is 2. The lowest BCUT2D eigenvalue weighted by Crippen LogP contribution is -2.34. The van der Waals surface area contributed by atoms with Crippen molar-refractivity contribution >= 4 is 46.3 Å². The molecule has 0 saturated heterocycles. The van der Waals surface area contributed by atoms with Crippen LogP contribution in [0.25, 0.3) is 0 Å². The highest BCUT2D eigenvalue weighted by Crippen LogP contribution is 2.15. The van der Waals surface area contributed by atoms with Gasteiger partial charge >= 0.3 is 12.1 Å². The van der Waals surface area contributed by atoms with Crippen LogP contribution in [0, 0.1) is 0 Å². The number of aliphatic imine (C=N–C) groups is 1. The number of rotatable bonds is 4. The van der Waals surface area contributed by atoms with Gasteiger partial charge in [-0.25, -0.2) is 9.59 Å². The van der Waals surface area contributed by atoms with Crippen LogP contribution in [0.2, 0.25) is 5.02 Å². The zero-order valence-electron chi connectivity index (χ0n) is 12.5. The Balaban J connectivity index is 2.65. The first kappa shape index (κ1) is 18.3. The summed E-state index contributed by atoms with van der Waals surface area (Å²) in [5.41, 5.74) is 0.558. The number of halogens is 1. The predicted octanol–water partition coefficient (Wildman–Crippen LogP) is 3.69. The van der Waals surface area contributed by atoms with Gasteiger partial charge in [0.1, 0.15) is 0 Å². The van der Waals surface area contributed by atoms with Crippen molar-refractivity contribution in [2.24, 2.45) is 4.99 Å². The summed E-state index contributed by atoms with van der Waals surface area (Å²) < 4.78 is 0. The van der Waals surface area contributed by atoms with Crippen LogP contribution in [0.4, 0.5) is 15.3 Å². The van der Waals surface area contributed by atoms with Gasteiger partial charge in [0.05, 0.1) is 0 Å². The molecule has 120 valence electrons. The Hall–Kier alpha value is -1.73. The molecule has 0 unspecified atom stereocenters. The average Bonchev–Trinajstić information content (AvgIpc) is 2.47. The first-order valence-corrected chi connectivity index (χ1v) is 8.18. The minimum Gasteiger partial charge on any atom is -0.339 e. The third-order valence-electron chi connectivity index (χ3n) is 2.46. The van der Waals surface area contributed by atoms with Crippen molar-refractivity contribution in [3.05, 3.63) is 29.3 Å². The SMILES string of the molecule is CCCCSC(=NC(=O)NC)NC(=O)Nc1cccc(Cl)c1. The number of nitrogens with one attached hydrogen (secondary N) is 3. The lowest BCUT2D eigenvalue weighted by atomic mass is 10.3. The lowest BCUT2D eigenvalue weighted by molar-refractivity contribution is 0.251. The van der Waals surface area contributed by atoms with Crippen LogP contribution in [0.5, 0.6) is 0 Å². The van der Waals surface area contributed by atoms with Crippen LogP contribution in [0.1, 0.15) is 19.8 Å². The van der Waals surface area contributed by atoms with Gasteiger partial charge < -0.3 is 10.6 Å². The standard InChI is InChI=1S/C14H19ClN4O2S/c1-3-4-8-22-14(18-12(20)16-2)19-13(21)17-11-7-5-6-10(15)9-11/h5-7,9H,3-4,8H2,1-2H3,(H3,16,17,18,19,20,21). The molecule has 0 bridgehead atoms. The van der Waals surface area contributed by atoms with E-state index in [1.807, 2.05) is 0 Å². The number of unbranched alkanes of at least 4 members (excludes halogenated alkanes) is 1. The number of nitrogens with zero attached hydrogens (tertiary/aromatic N) is 1. The molecule has 1 rings (SSSR count). The summed E-state index contributed by atoms with van der Waals surface area (Å²) in [6.07, 6.45) is 1.99. The van der Waals surface area contributed by atoms with Crippen molar-refractivity contribution in [2.45, 2.75) is 19.8 Å². The van der Waals surface area contributed by atoms with E-state index in [4.69, 9.17) is 11.6 Å². The second kappa shape index (κ2) is 10.1. The van der Waals surface area contributed by atoms with Crippen molar-refractivity contribution in [2.75, 3.05) is 18.1 Å². The van der Waals surface area contributed by atoms with E-state index in [-0.39, 0.29) is 5.17 Å². The van der Waals surface area contributed by atoms with Gasteiger partial charge in [0.25, 0.3) is 0 Å². The molecule has 8 heteroatoms. The Labute approximate surface area is 139 Å². The fourth-order valence-corrected chi connectivity index (χ4v) is 2.51. The zero-order chi connectivity index (χ0) is 16.4. The van der Waals surface area contributed by atoms with E-state index in [9.17, 15) is 9.59 Å². The van der Waals surface area contributed by atoms with Gasteiger partial charge in [0, 0.05) is 23.5 Å². The maximum atomic E-state index is 11.9. The van der Waals surface area contributed by atoms with E-state index < -0.39 is 12.1 Å². The van der Waals surface area contributed by atoms with E-state index in [0.29, 0.717) is 10.7 Å². The number of benzene rings is 1. The maximum Gasteiger partial charge on any atom is 0.343 e. The van der Waals surface area contributed by atoms with Gasteiger partial charge in [-0.3, -0.25) is 5.32 Å². The van der Waals surface area contributed by atoms with Crippen molar-refractivity contribution < 1.29 is 9.59 Å². The predicted molar refractivity (Wildman–Crippen MR) is 92.9 cm³/mol. The minimum atomic E-state index is -0.512. The van der Waals surface area contributed by atoms with Crippen LogP contribution in [0.15, 0.2) is 29.3 Å². The van der Waals surface area contributed by atoms with E-state index >= 15 is 0 Å². The minimum absolute atomic E-state index is 0.257. The Morgan fingerprint density at radius 2 is 2.14 bits per heavy atom. The Bertz CT molecular complexity index is 551. The van der Waals surface area contributed by atoms with E-state index in [1.165, 1.54) is 18.8 Å². The lowest BCUT2D eigenvalue weighted by Gasteiger charge is -2.09. The van der Waals surface area contributed by atoms with Gasteiger partial charge in [0.2, 0.25) is 0 Å². The number of anilines is 1. The molecular weight excluding hydrogens is 324 g/mol. The second-order valence-corrected chi connectivity index (χ2v) is 5.78. The first-order chi connectivity index (χ1) is 10.5. The third-order valence-corrected chi connectivity index (χ3v) is 3.65. The van der Waals surface area contributed by atoms with Crippen molar-refractivity contribution in [3.63, 3.8) is 0 Å². The van der Waals surface area contributed by atoms with Crippen LogP contribution in [0.3, 0.4) is 0 Å². The molecule has 6 nitrogen and oxygen atoms in total. The van der Waals surface area contributed by atoms with Crippen molar-refractivity contribution in [1.29, 1.82) is 0 Å². The molecule has 0 aliphatic carbocycles. The zero-order valence-corrected chi connectivity index (χ0v) is 14.1. The van der Waals surface area contributed by atoms with Gasteiger partial charge in [-0.1, -0.05) is 42.8 Å². The molecule has 1 aromatic rings. The van der Waals surface area contributed by atoms with Gasteiger partial charge in [-0.15, -0.1) is 0 Å². The van der Waals surface area contributed by atoms with Crippen LogP contribution >= 0.6 is 23.4 Å². The molecule has 0 spiro atoms. The Kier molecular flexibility index (Phi) is 8.39. The van der Waals surface area contributed by atoms with Gasteiger partial charge in [0.15, 0.2) is 5.17 Å². The van der Waals surface area contributed by atoms with E-state index in [1.54, 1.807) is 24.3 Å². The molecule has 0 fully saturated rings. The average molecular weight is 343 g/mol. The molecule has 0 saturated carbocycles. The Morgan fingerprint density at radius 3 is 2.77 bits per heavy atom. The van der Waals surface area contributed by atoms with E-state index in [0.717, 1.165) is 18.6 Å². The van der Waals surface area contributed by atoms with Crippen LogP contribution < -0.4 is 16.0 Å². The fourth-order valence-electron chi connectivity index (χ4n) is 1.38. The normalized spacial score (nSPS) is 11.0. The van der Waals surface area contributed by atoms with Gasteiger partial charge in [-0.05, 0) is 24.6 Å². The van der Waals surface area contributed by atoms with Crippen LogP contribution in [-0.2, 0) is 0 Å².